The minimum absolute atomic E-state index is 0.255. The second-order valence-electron chi connectivity index (χ2n) is 3.38. The van der Waals surface area contributed by atoms with Gasteiger partial charge in [-0.15, -0.1) is 0 Å². The number of nitrogens with two attached hydrogens (primary N) is 1. The van der Waals surface area contributed by atoms with Gasteiger partial charge in [-0.3, -0.25) is 0 Å². The molecule has 1 aromatic rings. The van der Waals surface area contributed by atoms with Gasteiger partial charge < -0.3 is 10.5 Å². The van der Waals surface area contributed by atoms with E-state index in [1.807, 2.05) is 37.3 Å². The Balaban J connectivity index is 2.61. The average Bonchev–Trinajstić information content (AvgIpc) is 2.17. The quantitative estimate of drug-likeness (QED) is 0.607. The van der Waals surface area contributed by atoms with Crippen molar-refractivity contribution in [2.75, 3.05) is 0 Å². The summed E-state index contributed by atoms with van der Waals surface area (Å²) in [5, 5.41) is 0. The highest BCUT2D eigenvalue weighted by molar-refractivity contribution is 5.82. The van der Waals surface area contributed by atoms with E-state index in [1.54, 1.807) is 6.92 Å². The van der Waals surface area contributed by atoms with Crippen molar-refractivity contribution in [2.45, 2.75) is 20.0 Å². The molecule has 1 aromatic carbocycles. The Bertz CT molecular complexity index is 353. The molecule has 0 spiro atoms. The minimum atomic E-state index is -0.411. The van der Waals surface area contributed by atoms with Gasteiger partial charge in [0.2, 0.25) is 0 Å². The molecule has 3 nitrogen and oxygen atoms in total. The van der Waals surface area contributed by atoms with E-state index in [1.165, 1.54) is 6.08 Å². The molecule has 0 radical (unpaired) electrons. The Morgan fingerprint density at radius 3 is 2.53 bits per heavy atom. The van der Waals surface area contributed by atoms with Gasteiger partial charge in [-0.25, -0.2) is 4.79 Å². The monoisotopic (exact) mass is 205 g/mol. The van der Waals surface area contributed by atoms with Crippen LogP contribution in [-0.2, 0) is 9.53 Å². The minimum Gasteiger partial charge on any atom is -0.455 e. The molecule has 80 valence electrons. The van der Waals surface area contributed by atoms with Gasteiger partial charge in [0.15, 0.2) is 0 Å². The van der Waals surface area contributed by atoms with Gasteiger partial charge in [0.05, 0.1) is 0 Å². The van der Waals surface area contributed by atoms with Gasteiger partial charge in [0.1, 0.15) is 6.10 Å². The summed E-state index contributed by atoms with van der Waals surface area (Å²) in [5.74, 6) is -0.411. The van der Waals surface area contributed by atoms with E-state index in [4.69, 9.17) is 10.5 Å². The van der Waals surface area contributed by atoms with E-state index in [0.717, 1.165) is 5.56 Å². The first-order valence-corrected chi connectivity index (χ1v) is 4.79. The molecule has 0 heterocycles. The first-order valence-electron chi connectivity index (χ1n) is 4.79. The van der Waals surface area contributed by atoms with Crippen LogP contribution >= 0.6 is 0 Å². The number of carbonyl (C=O) groups is 1. The molecule has 1 unspecified atom stereocenters. The highest BCUT2D eigenvalue weighted by Crippen LogP contribution is 2.16. The van der Waals surface area contributed by atoms with Crippen LogP contribution in [-0.4, -0.2) is 5.97 Å². The van der Waals surface area contributed by atoms with Gasteiger partial charge in [-0.1, -0.05) is 30.3 Å². The van der Waals surface area contributed by atoms with Crippen molar-refractivity contribution < 1.29 is 9.53 Å². The molecule has 1 rings (SSSR count). The molecule has 3 heteroatoms. The van der Waals surface area contributed by atoms with Crippen LogP contribution in [0.5, 0.6) is 0 Å². The van der Waals surface area contributed by atoms with Crippen molar-refractivity contribution in [3.05, 3.63) is 47.7 Å². The normalized spacial score (nSPS) is 13.3. The zero-order valence-corrected chi connectivity index (χ0v) is 8.94. The van der Waals surface area contributed by atoms with Crippen molar-refractivity contribution >= 4 is 5.97 Å². The van der Waals surface area contributed by atoms with Gasteiger partial charge in [0, 0.05) is 11.8 Å². The maximum atomic E-state index is 11.3. The summed E-state index contributed by atoms with van der Waals surface area (Å²) in [6.45, 7) is 3.47. The van der Waals surface area contributed by atoms with Gasteiger partial charge in [0.25, 0.3) is 0 Å². The number of ether oxygens (including phenoxy) is 1. The van der Waals surface area contributed by atoms with Gasteiger partial charge >= 0.3 is 5.97 Å². The second kappa shape index (κ2) is 5.20. The van der Waals surface area contributed by atoms with Gasteiger partial charge in [-0.05, 0) is 19.4 Å². The molecule has 0 amide bonds. The number of rotatable bonds is 3. The zero-order chi connectivity index (χ0) is 11.3. The zero-order valence-electron chi connectivity index (χ0n) is 8.94. The van der Waals surface area contributed by atoms with Crippen LogP contribution in [0.15, 0.2) is 42.1 Å². The van der Waals surface area contributed by atoms with Gasteiger partial charge in [-0.2, -0.15) is 0 Å². The first kappa shape index (κ1) is 11.3. The second-order valence-corrected chi connectivity index (χ2v) is 3.38. The molecule has 0 bridgehead atoms. The highest BCUT2D eigenvalue weighted by Gasteiger charge is 2.08. The van der Waals surface area contributed by atoms with Crippen LogP contribution in [0, 0.1) is 0 Å². The van der Waals surface area contributed by atoms with Crippen LogP contribution in [0.3, 0.4) is 0 Å². The SMILES string of the molecule is C/C(N)=C/C(=O)OC(C)c1ccccc1. The number of benzene rings is 1. The van der Waals surface area contributed by atoms with Crippen LogP contribution in [0.25, 0.3) is 0 Å². The Morgan fingerprint density at radius 1 is 1.40 bits per heavy atom. The maximum absolute atomic E-state index is 11.3. The van der Waals surface area contributed by atoms with E-state index in [-0.39, 0.29) is 6.10 Å². The highest BCUT2D eigenvalue weighted by atomic mass is 16.5. The van der Waals surface area contributed by atoms with E-state index >= 15 is 0 Å². The van der Waals surface area contributed by atoms with Crippen LogP contribution in [0.4, 0.5) is 0 Å². The molecule has 0 aliphatic heterocycles. The number of allylic oxidation sites excluding steroid dienone is 1. The summed E-state index contributed by atoms with van der Waals surface area (Å²) < 4.78 is 5.15. The first-order chi connectivity index (χ1) is 7.09. The fourth-order valence-corrected chi connectivity index (χ4v) is 1.19. The largest absolute Gasteiger partial charge is 0.455 e. The summed E-state index contributed by atoms with van der Waals surface area (Å²) in [7, 11) is 0. The molecule has 0 saturated heterocycles. The Labute approximate surface area is 89.5 Å². The molecule has 0 fully saturated rings. The molecular weight excluding hydrogens is 190 g/mol. The lowest BCUT2D eigenvalue weighted by molar-refractivity contribution is -0.142. The maximum Gasteiger partial charge on any atom is 0.333 e. The molecule has 0 aliphatic carbocycles. The predicted octanol–water partition coefficient (Wildman–Crippen LogP) is 2.15. The Hall–Kier alpha value is -1.77. The number of hydrogen-bond acceptors (Lipinski definition) is 3. The molecule has 2 N–H and O–H groups in total. The third kappa shape index (κ3) is 3.85. The lowest BCUT2D eigenvalue weighted by Crippen LogP contribution is -2.08. The molecule has 0 saturated carbocycles. The molecular formula is C12H15NO2. The molecule has 0 aromatic heterocycles. The summed E-state index contributed by atoms with van der Waals surface area (Å²) in [4.78, 5) is 11.3. The van der Waals surface area contributed by atoms with E-state index in [2.05, 4.69) is 0 Å². The summed E-state index contributed by atoms with van der Waals surface area (Å²) in [6, 6.07) is 9.56. The van der Waals surface area contributed by atoms with Crippen molar-refractivity contribution in [3.8, 4) is 0 Å². The summed E-state index contributed by atoms with van der Waals surface area (Å²) in [5.41, 5.74) is 6.78. The number of hydrogen-bond donors (Lipinski definition) is 1. The van der Waals surface area contributed by atoms with Crippen LogP contribution in [0.2, 0.25) is 0 Å². The number of esters is 1. The van der Waals surface area contributed by atoms with Crippen molar-refractivity contribution in [2.24, 2.45) is 5.73 Å². The third-order valence-electron chi connectivity index (χ3n) is 1.91. The molecule has 1 atom stereocenters. The van der Waals surface area contributed by atoms with Crippen LogP contribution in [0.1, 0.15) is 25.5 Å². The average molecular weight is 205 g/mol. The smallest absolute Gasteiger partial charge is 0.333 e. The summed E-state index contributed by atoms with van der Waals surface area (Å²) in [6.07, 6.45) is 1.02. The van der Waals surface area contributed by atoms with E-state index < -0.39 is 5.97 Å². The molecule has 0 aliphatic rings. The lowest BCUT2D eigenvalue weighted by Gasteiger charge is -2.11. The molecule has 15 heavy (non-hydrogen) atoms. The summed E-state index contributed by atoms with van der Waals surface area (Å²) >= 11 is 0. The lowest BCUT2D eigenvalue weighted by atomic mass is 10.1. The topological polar surface area (TPSA) is 52.3 Å². The fourth-order valence-electron chi connectivity index (χ4n) is 1.19. The standard InChI is InChI=1S/C12H15NO2/c1-9(13)8-12(14)15-10(2)11-6-4-3-5-7-11/h3-8,10H,13H2,1-2H3/b9-8-. The number of carbonyl (C=O) groups excluding carboxylic acids is 1. The third-order valence-corrected chi connectivity index (χ3v) is 1.91. The van der Waals surface area contributed by atoms with E-state index in [9.17, 15) is 4.79 Å². The Morgan fingerprint density at radius 2 is 2.00 bits per heavy atom. The predicted molar refractivity (Wildman–Crippen MR) is 58.9 cm³/mol. The van der Waals surface area contributed by atoms with Crippen LogP contribution < -0.4 is 5.73 Å². The fraction of sp³-hybridized carbons (Fsp3) is 0.250. The van der Waals surface area contributed by atoms with Crippen molar-refractivity contribution in [1.82, 2.24) is 0 Å². The van der Waals surface area contributed by atoms with Crippen molar-refractivity contribution in [3.63, 3.8) is 0 Å². The Kier molecular flexibility index (Phi) is 3.92. The van der Waals surface area contributed by atoms with E-state index in [0.29, 0.717) is 5.70 Å². The van der Waals surface area contributed by atoms with Crippen molar-refractivity contribution in [1.29, 1.82) is 0 Å².